The summed E-state index contributed by atoms with van der Waals surface area (Å²) >= 11 is 9.29. The predicted molar refractivity (Wildman–Crippen MR) is 125 cm³/mol. The molecule has 1 saturated carbocycles. The summed E-state index contributed by atoms with van der Waals surface area (Å²) in [7, 11) is 3.13. The lowest BCUT2D eigenvalue weighted by molar-refractivity contribution is 0.0648. The van der Waals surface area contributed by atoms with Crippen LogP contribution in [0.4, 0.5) is 0 Å². The van der Waals surface area contributed by atoms with Gasteiger partial charge in [0, 0.05) is 15.6 Å². The summed E-state index contributed by atoms with van der Waals surface area (Å²) in [4.78, 5) is 21.0. The molecule has 0 bridgehead atoms. The zero-order valence-corrected chi connectivity index (χ0v) is 19.4. The lowest BCUT2D eigenvalue weighted by Crippen LogP contribution is -2.50. The molecule has 2 aromatic carbocycles. The van der Waals surface area contributed by atoms with Crippen molar-refractivity contribution in [1.82, 2.24) is 4.90 Å². The van der Waals surface area contributed by atoms with E-state index in [1.54, 1.807) is 37.3 Å². The van der Waals surface area contributed by atoms with Crippen LogP contribution in [-0.4, -0.2) is 41.4 Å². The monoisotopic (exact) mass is 486 g/mol. The molecule has 1 spiro atoms. The molecule has 1 amide bonds. The fourth-order valence-corrected chi connectivity index (χ4v) is 4.91. The Balaban J connectivity index is 1.75. The molecule has 156 valence electrons. The van der Waals surface area contributed by atoms with Crippen LogP contribution in [0.2, 0.25) is 0 Å². The number of halogens is 1. The molecule has 2 aliphatic rings. The van der Waals surface area contributed by atoms with Gasteiger partial charge in [0.1, 0.15) is 16.4 Å². The Bertz CT molecular complexity index is 1010. The summed E-state index contributed by atoms with van der Waals surface area (Å²) in [5.41, 5.74) is 1.54. The number of ether oxygens (including phenoxy) is 2. The van der Waals surface area contributed by atoms with Crippen molar-refractivity contribution in [2.45, 2.75) is 37.8 Å². The second-order valence-corrected chi connectivity index (χ2v) is 8.83. The number of thiocarbonyl (C=S) groups is 1. The Morgan fingerprint density at radius 2 is 1.70 bits per heavy atom. The zero-order valence-electron chi connectivity index (χ0n) is 17.0. The van der Waals surface area contributed by atoms with Gasteiger partial charge >= 0.3 is 0 Å². The maximum Gasteiger partial charge on any atom is 0.261 e. The van der Waals surface area contributed by atoms with Crippen molar-refractivity contribution in [3.8, 4) is 11.5 Å². The van der Waals surface area contributed by atoms with E-state index in [4.69, 9.17) is 26.7 Å². The predicted octanol–water partition coefficient (Wildman–Crippen LogP) is 5.40. The average molecular weight is 487 g/mol. The largest absolute Gasteiger partial charge is 0.493 e. The standard InChI is InChI=1S/C23H23BrN2O3S/c1-28-18-11-8-16(14-19(18)29-2)21(27)26-22(30)20(15-6-9-17(24)10-7-15)25-23(26)12-4-3-5-13-23/h6-11,14H,3-5,12-13H2,1-2H3. The molecular formula is C23H23BrN2O3S. The minimum absolute atomic E-state index is 0.154. The van der Waals surface area contributed by atoms with E-state index in [-0.39, 0.29) is 5.91 Å². The highest BCUT2D eigenvalue weighted by Crippen LogP contribution is 2.41. The molecule has 0 atom stereocenters. The summed E-state index contributed by atoms with van der Waals surface area (Å²) in [5, 5.41) is 0. The first kappa shape index (κ1) is 21.0. The quantitative estimate of drug-likeness (QED) is 0.542. The van der Waals surface area contributed by atoms with Gasteiger partial charge in [-0.2, -0.15) is 0 Å². The van der Waals surface area contributed by atoms with Crippen LogP contribution in [0, 0.1) is 0 Å². The lowest BCUT2D eigenvalue weighted by Gasteiger charge is -2.38. The number of benzene rings is 2. The van der Waals surface area contributed by atoms with Gasteiger partial charge in [0.05, 0.1) is 14.2 Å². The number of rotatable bonds is 4. The fraction of sp³-hybridized carbons (Fsp3) is 0.348. The van der Waals surface area contributed by atoms with Crippen LogP contribution in [0.1, 0.15) is 48.0 Å². The van der Waals surface area contributed by atoms with Gasteiger partial charge in [-0.1, -0.05) is 46.7 Å². The fourth-order valence-electron chi connectivity index (χ4n) is 4.23. The minimum Gasteiger partial charge on any atom is -0.493 e. The molecule has 7 heteroatoms. The van der Waals surface area contributed by atoms with Crippen LogP contribution in [-0.2, 0) is 0 Å². The summed E-state index contributed by atoms with van der Waals surface area (Å²) < 4.78 is 11.7. The van der Waals surface area contributed by atoms with E-state index >= 15 is 0 Å². The van der Waals surface area contributed by atoms with Crippen molar-refractivity contribution in [3.05, 3.63) is 58.1 Å². The summed E-state index contributed by atoms with van der Waals surface area (Å²) in [5.74, 6) is 0.941. The Hall–Kier alpha value is -2.25. The Labute approximate surface area is 190 Å². The van der Waals surface area contributed by atoms with Gasteiger partial charge in [0.2, 0.25) is 0 Å². The lowest BCUT2D eigenvalue weighted by atomic mass is 9.88. The van der Waals surface area contributed by atoms with Gasteiger partial charge in [-0.25, -0.2) is 0 Å². The van der Waals surface area contributed by atoms with E-state index in [2.05, 4.69) is 15.9 Å². The van der Waals surface area contributed by atoms with E-state index in [1.165, 1.54) is 0 Å². The number of carbonyl (C=O) groups excluding carboxylic acids is 1. The van der Waals surface area contributed by atoms with Crippen molar-refractivity contribution in [1.29, 1.82) is 0 Å². The number of hydrogen-bond acceptors (Lipinski definition) is 5. The van der Waals surface area contributed by atoms with Crippen molar-refractivity contribution in [3.63, 3.8) is 0 Å². The van der Waals surface area contributed by atoms with Gasteiger partial charge in [-0.15, -0.1) is 0 Å². The Kier molecular flexibility index (Phi) is 5.93. The van der Waals surface area contributed by atoms with Crippen molar-refractivity contribution >= 4 is 44.8 Å². The molecule has 1 aliphatic carbocycles. The molecule has 0 saturated heterocycles. The number of methoxy groups -OCH3 is 2. The Morgan fingerprint density at radius 1 is 1.03 bits per heavy atom. The first-order valence-electron chi connectivity index (χ1n) is 9.96. The van der Waals surface area contributed by atoms with Crippen molar-refractivity contribution in [2.75, 3.05) is 14.2 Å². The molecule has 0 unspecified atom stereocenters. The van der Waals surface area contributed by atoms with Crippen LogP contribution in [0.25, 0.3) is 0 Å². The number of carbonyl (C=O) groups is 1. The molecule has 0 N–H and O–H groups in total. The van der Waals surface area contributed by atoms with Crippen LogP contribution in [0.5, 0.6) is 11.5 Å². The molecule has 4 rings (SSSR count). The molecular weight excluding hydrogens is 464 g/mol. The maximum absolute atomic E-state index is 13.7. The molecule has 2 aromatic rings. The highest BCUT2D eigenvalue weighted by atomic mass is 79.9. The smallest absolute Gasteiger partial charge is 0.261 e. The van der Waals surface area contributed by atoms with E-state index < -0.39 is 5.66 Å². The van der Waals surface area contributed by atoms with Crippen LogP contribution in [0.15, 0.2) is 51.9 Å². The number of amides is 1. The van der Waals surface area contributed by atoms with Crippen LogP contribution < -0.4 is 9.47 Å². The van der Waals surface area contributed by atoms with Crippen LogP contribution in [0.3, 0.4) is 0 Å². The molecule has 0 aromatic heterocycles. The molecule has 5 nitrogen and oxygen atoms in total. The van der Waals surface area contributed by atoms with Gasteiger partial charge in [-0.3, -0.25) is 14.7 Å². The van der Waals surface area contributed by atoms with Gasteiger partial charge in [-0.05, 0) is 56.0 Å². The normalized spacial score (nSPS) is 17.8. The van der Waals surface area contributed by atoms with Crippen molar-refractivity contribution in [2.24, 2.45) is 4.99 Å². The summed E-state index contributed by atoms with van der Waals surface area (Å²) in [6, 6.07) is 13.1. The van der Waals surface area contributed by atoms with Gasteiger partial charge in [0.25, 0.3) is 5.91 Å². The third kappa shape index (κ3) is 3.65. The number of hydrogen-bond donors (Lipinski definition) is 0. The summed E-state index contributed by atoms with van der Waals surface area (Å²) in [6.45, 7) is 0. The minimum atomic E-state index is -0.609. The third-order valence-electron chi connectivity index (χ3n) is 5.75. The summed E-state index contributed by atoms with van der Waals surface area (Å²) in [6.07, 6.45) is 4.82. The molecule has 1 heterocycles. The molecule has 0 radical (unpaired) electrons. The second-order valence-electron chi connectivity index (χ2n) is 7.53. The average Bonchev–Trinajstić information content (AvgIpc) is 3.05. The van der Waals surface area contributed by atoms with E-state index in [0.29, 0.717) is 27.8 Å². The molecule has 1 aliphatic heterocycles. The zero-order chi connectivity index (χ0) is 21.3. The van der Waals surface area contributed by atoms with E-state index in [1.807, 2.05) is 24.3 Å². The third-order valence-corrected chi connectivity index (χ3v) is 6.65. The topological polar surface area (TPSA) is 51.1 Å². The SMILES string of the molecule is COc1ccc(C(=O)N2C(=S)C(c3ccc(Br)cc3)=NC23CCCCC3)cc1OC. The maximum atomic E-state index is 13.7. The van der Waals surface area contributed by atoms with E-state index in [9.17, 15) is 4.79 Å². The first-order chi connectivity index (χ1) is 14.5. The highest BCUT2D eigenvalue weighted by Gasteiger charge is 2.49. The number of nitrogens with zero attached hydrogens (tertiary/aromatic N) is 2. The first-order valence-corrected chi connectivity index (χ1v) is 11.2. The van der Waals surface area contributed by atoms with Crippen molar-refractivity contribution < 1.29 is 14.3 Å². The highest BCUT2D eigenvalue weighted by molar-refractivity contribution is 9.10. The molecule has 1 fully saturated rings. The molecule has 30 heavy (non-hydrogen) atoms. The Morgan fingerprint density at radius 3 is 2.33 bits per heavy atom. The number of aliphatic imine (C=N–C) groups is 1. The van der Waals surface area contributed by atoms with Crippen LogP contribution >= 0.6 is 28.1 Å². The van der Waals surface area contributed by atoms with Gasteiger partial charge in [0.15, 0.2) is 11.5 Å². The van der Waals surface area contributed by atoms with E-state index in [0.717, 1.165) is 42.1 Å². The van der Waals surface area contributed by atoms with Gasteiger partial charge < -0.3 is 9.47 Å². The second kappa shape index (κ2) is 8.47.